The molecule has 2 aromatic carbocycles. The van der Waals surface area contributed by atoms with Crippen molar-refractivity contribution in [3.63, 3.8) is 0 Å². The van der Waals surface area contributed by atoms with Crippen molar-refractivity contribution in [1.29, 1.82) is 0 Å². The van der Waals surface area contributed by atoms with Crippen molar-refractivity contribution in [3.05, 3.63) is 59.2 Å². The van der Waals surface area contributed by atoms with Crippen molar-refractivity contribution in [1.82, 2.24) is 5.32 Å². The fraction of sp³-hybridized carbons (Fsp3) is 0.333. The van der Waals surface area contributed by atoms with Crippen LogP contribution in [0.25, 0.3) is 0 Å². The minimum Gasteiger partial charge on any atom is -0.504 e. The van der Waals surface area contributed by atoms with E-state index in [1.54, 1.807) is 6.07 Å². The first-order valence-corrected chi connectivity index (χ1v) is 7.81. The lowest BCUT2D eigenvalue weighted by Crippen LogP contribution is -2.25. The Morgan fingerprint density at radius 1 is 1.17 bits per heavy atom. The number of aromatic hydroxyl groups is 1. The van der Waals surface area contributed by atoms with Crippen molar-refractivity contribution in [2.75, 3.05) is 0 Å². The molecule has 2 aromatic rings. The molecule has 0 aliphatic heterocycles. The third-order valence-electron chi connectivity index (χ3n) is 4.17. The maximum atomic E-state index is 12.3. The maximum absolute atomic E-state index is 12.3. The summed E-state index contributed by atoms with van der Waals surface area (Å²) in [6.45, 7) is 0.396. The highest BCUT2D eigenvalue weighted by Gasteiger charge is 2.32. The van der Waals surface area contributed by atoms with Crippen molar-refractivity contribution < 1.29 is 23.0 Å². The highest BCUT2D eigenvalue weighted by molar-refractivity contribution is 5.42. The lowest BCUT2D eigenvalue weighted by atomic mass is 9.87. The van der Waals surface area contributed by atoms with Crippen LogP contribution in [0.1, 0.15) is 35.6 Å². The van der Waals surface area contributed by atoms with Crippen molar-refractivity contribution in [2.45, 2.75) is 38.2 Å². The van der Waals surface area contributed by atoms with E-state index in [0.29, 0.717) is 12.1 Å². The van der Waals surface area contributed by atoms with Crippen LogP contribution in [0.15, 0.2) is 42.5 Å². The molecule has 0 radical (unpaired) electrons. The lowest BCUT2D eigenvalue weighted by molar-refractivity contribution is -0.275. The number of alkyl halides is 3. The summed E-state index contributed by atoms with van der Waals surface area (Å²) in [6.07, 6.45) is -1.71. The molecule has 0 saturated heterocycles. The van der Waals surface area contributed by atoms with Gasteiger partial charge in [0.25, 0.3) is 0 Å². The van der Waals surface area contributed by atoms with Crippen LogP contribution in [0.4, 0.5) is 13.2 Å². The molecule has 0 bridgehead atoms. The number of hydrogen-bond donors (Lipinski definition) is 2. The number of benzene rings is 2. The van der Waals surface area contributed by atoms with Crippen molar-refractivity contribution in [3.8, 4) is 11.5 Å². The summed E-state index contributed by atoms with van der Waals surface area (Å²) in [5.41, 5.74) is 3.18. The predicted molar refractivity (Wildman–Crippen MR) is 83.8 cm³/mol. The Hall–Kier alpha value is -2.21. The van der Waals surface area contributed by atoms with E-state index >= 15 is 0 Å². The minimum atomic E-state index is -4.83. The fourth-order valence-electron chi connectivity index (χ4n) is 3.08. The second kappa shape index (κ2) is 6.73. The predicted octanol–water partition coefficient (Wildman–Crippen LogP) is 4.46. The van der Waals surface area contributed by atoms with Gasteiger partial charge in [0.15, 0.2) is 11.5 Å². The number of halogens is 3. The Bertz CT molecular complexity index is 716. The van der Waals surface area contributed by atoms with Gasteiger partial charge in [0.05, 0.1) is 0 Å². The zero-order valence-electron chi connectivity index (χ0n) is 12.9. The first-order chi connectivity index (χ1) is 11.4. The van der Waals surface area contributed by atoms with Gasteiger partial charge in [0.1, 0.15) is 0 Å². The molecule has 0 amide bonds. The molecular weight excluding hydrogens is 319 g/mol. The molecule has 3 rings (SSSR count). The van der Waals surface area contributed by atoms with Gasteiger partial charge in [-0.15, -0.1) is 13.2 Å². The number of rotatable bonds is 4. The average molecular weight is 337 g/mol. The summed E-state index contributed by atoms with van der Waals surface area (Å²) in [6, 6.07) is 12.4. The van der Waals surface area contributed by atoms with Gasteiger partial charge in [-0.3, -0.25) is 0 Å². The topological polar surface area (TPSA) is 41.5 Å². The molecule has 3 nitrogen and oxygen atoms in total. The molecule has 128 valence electrons. The number of ether oxygens (including phenoxy) is 1. The first-order valence-electron chi connectivity index (χ1n) is 7.81. The molecule has 1 unspecified atom stereocenters. The van der Waals surface area contributed by atoms with E-state index in [9.17, 15) is 18.3 Å². The second-order valence-electron chi connectivity index (χ2n) is 5.87. The standard InChI is InChI=1S/C18H18F3NO2/c19-18(20,21)24-17-10-12(8-9-16(17)23)11-22-15-7-3-5-13-4-1-2-6-14(13)15/h1-2,4,6,8-10,15,22-23H,3,5,7,11H2. The Kier molecular flexibility index (Phi) is 4.66. The number of fused-ring (bicyclic) bond motifs is 1. The molecule has 1 atom stereocenters. The molecule has 6 heteroatoms. The van der Waals surface area contributed by atoms with E-state index in [2.05, 4.69) is 22.2 Å². The fourth-order valence-corrected chi connectivity index (χ4v) is 3.08. The van der Waals surface area contributed by atoms with Gasteiger partial charge < -0.3 is 15.2 Å². The quantitative estimate of drug-likeness (QED) is 0.866. The minimum absolute atomic E-state index is 0.177. The van der Waals surface area contributed by atoms with Gasteiger partial charge in [-0.1, -0.05) is 30.3 Å². The van der Waals surface area contributed by atoms with Crippen LogP contribution < -0.4 is 10.1 Å². The summed E-state index contributed by atoms with van der Waals surface area (Å²) >= 11 is 0. The van der Waals surface area contributed by atoms with Crippen LogP contribution in [-0.4, -0.2) is 11.5 Å². The van der Waals surface area contributed by atoms with Gasteiger partial charge in [-0.25, -0.2) is 0 Å². The normalized spacial score (nSPS) is 17.4. The molecule has 1 aliphatic rings. The number of phenolic OH excluding ortho intramolecular Hbond substituents is 1. The summed E-state index contributed by atoms with van der Waals surface area (Å²) < 4.78 is 40.9. The second-order valence-corrected chi connectivity index (χ2v) is 5.87. The average Bonchev–Trinajstić information content (AvgIpc) is 2.54. The van der Waals surface area contributed by atoms with E-state index in [4.69, 9.17) is 0 Å². The maximum Gasteiger partial charge on any atom is 0.573 e. The highest BCUT2D eigenvalue weighted by atomic mass is 19.4. The number of phenols is 1. The van der Waals surface area contributed by atoms with Gasteiger partial charge in [0.2, 0.25) is 0 Å². The van der Waals surface area contributed by atoms with Crippen LogP contribution >= 0.6 is 0 Å². The summed E-state index contributed by atoms with van der Waals surface area (Å²) in [4.78, 5) is 0. The Morgan fingerprint density at radius 3 is 2.75 bits per heavy atom. The first kappa shape index (κ1) is 16.6. The van der Waals surface area contributed by atoms with E-state index in [1.165, 1.54) is 23.3 Å². The summed E-state index contributed by atoms with van der Waals surface area (Å²) in [7, 11) is 0. The molecule has 0 aromatic heterocycles. The Balaban J connectivity index is 1.71. The monoisotopic (exact) mass is 337 g/mol. The third-order valence-corrected chi connectivity index (χ3v) is 4.17. The van der Waals surface area contributed by atoms with E-state index < -0.39 is 17.9 Å². The molecule has 0 heterocycles. The van der Waals surface area contributed by atoms with E-state index in [0.717, 1.165) is 19.3 Å². The number of nitrogens with one attached hydrogen (secondary N) is 1. The smallest absolute Gasteiger partial charge is 0.504 e. The van der Waals surface area contributed by atoms with Gasteiger partial charge >= 0.3 is 6.36 Å². The lowest BCUT2D eigenvalue weighted by Gasteiger charge is -2.26. The molecule has 2 N–H and O–H groups in total. The summed E-state index contributed by atoms with van der Waals surface area (Å²) in [5.74, 6) is -1.11. The zero-order valence-corrected chi connectivity index (χ0v) is 12.9. The van der Waals surface area contributed by atoms with Crippen molar-refractivity contribution >= 4 is 0 Å². The third kappa shape index (κ3) is 4.00. The van der Waals surface area contributed by atoms with Gasteiger partial charge in [-0.2, -0.15) is 0 Å². The van der Waals surface area contributed by atoms with Crippen LogP contribution in [0.5, 0.6) is 11.5 Å². The molecule has 0 spiro atoms. The van der Waals surface area contributed by atoms with Crippen LogP contribution in [-0.2, 0) is 13.0 Å². The SMILES string of the molecule is Oc1ccc(CNC2CCCc3ccccc32)cc1OC(F)(F)F. The number of aryl methyl sites for hydroxylation is 1. The number of hydrogen-bond acceptors (Lipinski definition) is 3. The molecule has 24 heavy (non-hydrogen) atoms. The van der Waals surface area contributed by atoms with Crippen LogP contribution in [0.2, 0.25) is 0 Å². The zero-order chi connectivity index (χ0) is 17.2. The molecule has 0 saturated carbocycles. The van der Waals surface area contributed by atoms with Crippen molar-refractivity contribution in [2.24, 2.45) is 0 Å². The molecular formula is C18H18F3NO2. The molecule has 1 aliphatic carbocycles. The van der Waals surface area contributed by atoms with Crippen LogP contribution in [0.3, 0.4) is 0 Å². The molecule has 0 fully saturated rings. The van der Waals surface area contributed by atoms with Crippen LogP contribution in [0, 0.1) is 0 Å². The van der Waals surface area contributed by atoms with E-state index in [-0.39, 0.29) is 6.04 Å². The Morgan fingerprint density at radius 2 is 1.96 bits per heavy atom. The highest BCUT2D eigenvalue weighted by Crippen LogP contribution is 2.33. The Labute approximate surface area is 138 Å². The largest absolute Gasteiger partial charge is 0.573 e. The van der Waals surface area contributed by atoms with Gasteiger partial charge in [-0.05, 0) is 48.1 Å². The van der Waals surface area contributed by atoms with E-state index in [1.807, 2.05) is 12.1 Å². The van der Waals surface area contributed by atoms with Gasteiger partial charge in [0, 0.05) is 12.6 Å². The summed E-state index contributed by atoms with van der Waals surface area (Å²) in [5, 5.41) is 12.9.